The second-order valence-electron chi connectivity index (χ2n) is 6.15. The van der Waals surface area contributed by atoms with Crippen LogP contribution < -0.4 is 4.74 Å². The summed E-state index contributed by atoms with van der Waals surface area (Å²) in [5.41, 5.74) is 0.980. The van der Waals surface area contributed by atoms with Gasteiger partial charge in [0.1, 0.15) is 24.5 Å². The van der Waals surface area contributed by atoms with Crippen molar-refractivity contribution in [1.29, 1.82) is 0 Å². The molecule has 0 radical (unpaired) electrons. The molecular weight excluding hydrogens is 308 g/mol. The summed E-state index contributed by atoms with van der Waals surface area (Å²) in [4.78, 5) is 27.2. The number of ether oxygens (including phenoxy) is 1. The maximum absolute atomic E-state index is 12.2. The Morgan fingerprint density at radius 1 is 1.38 bits per heavy atom. The van der Waals surface area contributed by atoms with Crippen molar-refractivity contribution in [2.75, 3.05) is 19.7 Å². The quantitative estimate of drug-likeness (QED) is 0.609. The molecule has 0 spiro atoms. The van der Waals surface area contributed by atoms with Gasteiger partial charge in [0.2, 0.25) is 0 Å². The summed E-state index contributed by atoms with van der Waals surface area (Å²) in [7, 11) is 0. The standard InChI is InChI=1S/C18H22N2O4/c1-2-6-13-7-3-4-9-16(13)24-12-14(21)11-20-17(22)15-8-5-10-19(15)18(20)23/h2-4,7,9,14-15,21H,1,5-6,8,10-12H2/t14-,15+/m0/s1. The zero-order valence-corrected chi connectivity index (χ0v) is 13.6. The van der Waals surface area contributed by atoms with Gasteiger partial charge in [-0.3, -0.25) is 9.69 Å². The number of para-hydroxylation sites is 1. The topological polar surface area (TPSA) is 70.1 Å². The maximum Gasteiger partial charge on any atom is 0.327 e. The van der Waals surface area contributed by atoms with Gasteiger partial charge in [-0.15, -0.1) is 6.58 Å². The Morgan fingerprint density at radius 3 is 2.92 bits per heavy atom. The highest BCUT2D eigenvalue weighted by molar-refractivity contribution is 6.04. The van der Waals surface area contributed by atoms with Crippen LogP contribution in [-0.4, -0.2) is 58.7 Å². The highest BCUT2D eigenvalue weighted by atomic mass is 16.5. The highest BCUT2D eigenvalue weighted by Gasteiger charge is 2.47. The number of fused-ring (bicyclic) bond motifs is 1. The van der Waals surface area contributed by atoms with E-state index < -0.39 is 6.10 Å². The van der Waals surface area contributed by atoms with E-state index in [4.69, 9.17) is 4.74 Å². The Morgan fingerprint density at radius 2 is 2.17 bits per heavy atom. The Hall–Kier alpha value is -2.34. The number of imide groups is 1. The lowest BCUT2D eigenvalue weighted by Crippen LogP contribution is -2.41. The van der Waals surface area contributed by atoms with Crippen molar-refractivity contribution in [1.82, 2.24) is 9.80 Å². The van der Waals surface area contributed by atoms with Crippen LogP contribution in [0, 0.1) is 0 Å². The van der Waals surface area contributed by atoms with Crippen LogP contribution in [0.2, 0.25) is 0 Å². The minimum atomic E-state index is -0.922. The number of carbonyl (C=O) groups excluding carboxylic acids is 2. The van der Waals surface area contributed by atoms with E-state index in [1.54, 1.807) is 11.0 Å². The van der Waals surface area contributed by atoms with Crippen LogP contribution in [0.25, 0.3) is 0 Å². The molecule has 2 saturated heterocycles. The minimum Gasteiger partial charge on any atom is -0.491 e. The Bertz CT molecular complexity index is 624. The lowest BCUT2D eigenvalue weighted by Gasteiger charge is -2.20. The minimum absolute atomic E-state index is 0.0237. The molecule has 2 aliphatic heterocycles. The number of hydrogen-bond acceptors (Lipinski definition) is 4. The van der Waals surface area contributed by atoms with Crippen molar-refractivity contribution < 1.29 is 19.4 Å². The molecule has 24 heavy (non-hydrogen) atoms. The zero-order chi connectivity index (χ0) is 17.1. The number of urea groups is 1. The largest absolute Gasteiger partial charge is 0.491 e. The number of aliphatic hydroxyl groups excluding tert-OH is 1. The third-order valence-electron chi connectivity index (χ3n) is 4.44. The van der Waals surface area contributed by atoms with Crippen LogP contribution in [0.4, 0.5) is 4.79 Å². The molecular formula is C18H22N2O4. The fraction of sp³-hybridized carbons (Fsp3) is 0.444. The first-order valence-electron chi connectivity index (χ1n) is 8.23. The van der Waals surface area contributed by atoms with Crippen molar-refractivity contribution >= 4 is 11.9 Å². The first-order valence-corrected chi connectivity index (χ1v) is 8.23. The molecule has 2 aliphatic rings. The van der Waals surface area contributed by atoms with Gasteiger partial charge in [-0.2, -0.15) is 0 Å². The van der Waals surface area contributed by atoms with Crippen molar-refractivity contribution in [3.05, 3.63) is 42.5 Å². The van der Waals surface area contributed by atoms with E-state index in [9.17, 15) is 14.7 Å². The summed E-state index contributed by atoms with van der Waals surface area (Å²) < 4.78 is 5.67. The summed E-state index contributed by atoms with van der Waals surface area (Å²) in [5, 5.41) is 10.2. The number of hydrogen-bond donors (Lipinski definition) is 1. The van der Waals surface area contributed by atoms with E-state index in [2.05, 4.69) is 6.58 Å². The molecule has 128 valence electrons. The first-order chi connectivity index (χ1) is 11.6. The molecule has 2 heterocycles. The number of nitrogens with zero attached hydrogens (tertiary/aromatic N) is 2. The van der Waals surface area contributed by atoms with Gasteiger partial charge in [0.05, 0.1) is 6.54 Å². The van der Waals surface area contributed by atoms with Crippen LogP contribution in [0.5, 0.6) is 5.75 Å². The van der Waals surface area contributed by atoms with E-state index >= 15 is 0 Å². The van der Waals surface area contributed by atoms with Gasteiger partial charge in [0.15, 0.2) is 0 Å². The third-order valence-corrected chi connectivity index (χ3v) is 4.44. The number of rotatable bonds is 7. The molecule has 1 aromatic carbocycles. The van der Waals surface area contributed by atoms with Crippen LogP contribution in [0.15, 0.2) is 36.9 Å². The van der Waals surface area contributed by atoms with E-state index in [1.165, 1.54) is 0 Å². The number of carbonyl (C=O) groups is 2. The molecule has 1 aromatic rings. The number of allylic oxidation sites excluding steroid dienone is 1. The lowest BCUT2D eigenvalue weighted by molar-refractivity contribution is -0.129. The number of β-amino-alcohol motifs (C(OH)–C–C–N with tert-alkyl or cyclic N) is 1. The number of aliphatic hydroxyl groups is 1. The normalized spacial score (nSPS) is 21.1. The van der Waals surface area contributed by atoms with Crippen molar-refractivity contribution in [3.8, 4) is 5.75 Å². The van der Waals surface area contributed by atoms with E-state index in [0.29, 0.717) is 25.1 Å². The molecule has 1 N–H and O–H groups in total. The molecule has 0 aromatic heterocycles. The second-order valence-corrected chi connectivity index (χ2v) is 6.15. The summed E-state index contributed by atoms with van der Waals surface area (Å²) in [5.74, 6) is 0.472. The second kappa shape index (κ2) is 7.05. The summed E-state index contributed by atoms with van der Waals surface area (Å²) in [6, 6.07) is 6.90. The van der Waals surface area contributed by atoms with Crippen molar-refractivity contribution in [2.24, 2.45) is 0 Å². The number of amides is 3. The van der Waals surface area contributed by atoms with Gasteiger partial charge < -0.3 is 14.7 Å². The van der Waals surface area contributed by atoms with Gasteiger partial charge in [-0.05, 0) is 30.9 Å². The molecule has 3 rings (SSSR count). The molecule has 2 atom stereocenters. The monoisotopic (exact) mass is 330 g/mol. The van der Waals surface area contributed by atoms with Gasteiger partial charge in [0.25, 0.3) is 5.91 Å². The number of benzene rings is 1. The van der Waals surface area contributed by atoms with Crippen molar-refractivity contribution in [2.45, 2.75) is 31.4 Å². The molecule has 3 amide bonds. The molecule has 0 aliphatic carbocycles. The maximum atomic E-state index is 12.2. The van der Waals surface area contributed by atoms with Gasteiger partial charge in [0, 0.05) is 6.54 Å². The Kier molecular flexibility index (Phi) is 4.85. The van der Waals surface area contributed by atoms with Crippen LogP contribution in [0.3, 0.4) is 0 Å². The predicted octanol–water partition coefficient (Wildman–Crippen LogP) is 1.58. The first kappa shape index (κ1) is 16.5. The van der Waals surface area contributed by atoms with Gasteiger partial charge in [-0.1, -0.05) is 24.3 Å². The molecule has 0 saturated carbocycles. The van der Waals surface area contributed by atoms with E-state index in [0.717, 1.165) is 16.9 Å². The lowest BCUT2D eigenvalue weighted by atomic mass is 10.1. The molecule has 2 fully saturated rings. The zero-order valence-electron chi connectivity index (χ0n) is 13.6. The molecule has 6 heteroatoms. The van der Waals surface area contributed by atoms with E-state index in [1.807, 2.05) is 24.3 Å². The molecule has 6 nitrogen and oxygen atoms in total. The average molecular weight is 330 g/mol. The van der Waals surface area contributed by atoms with Crippen LogP contribution in [0.1, 0.15) is 18.4 Å². The fourth-order valence-electron chi connectivity index (χ4n) is 3.27. The summed E-state index contributed by atoms with van der Waals surface area (Å²) in [6.45, 7) is 4.32. The third kappa shape index (κ3) is 3.14. The van der Waals surface area contributed by atoms with Gasteiger partial charge >= 0.3 is 6.03 Å². The Labute approximate surface area is 141 Å². The summed E-state index contributed by atoms with van der Waals surface area (Å²) in [6.07, 6.45) is 3.11. The summed E-state index contributed by atoms with van der Waals surface area (Å²) >= 11 is 0. The van der Waals surface area contributed by atoms with Crippen LogP contribution in [-0.2, 0) is 11.2 Å². The predicted molar refractivity (Wildman–Crippen MR) is 88.7 cm³/mol. The van der Waals surface area contributed by atoms with Crippen LogP contribution >= 0.6 is 0 Å². The van der Waals surface area contributed by atoms with E-state index in [-0.39, 0.29) is 31.1 Å². The fourth-order valence-corrected chi connectivity index (χ4v) is 3.27. The van der Waals surface area contributed by atoms with Gasteiger partial charge in [-0.25, -0.2) is 4.79 Å². The van der Waals surface area contributed by atoms with Crippen molar-refractivity contribution in [3.63, 3.8) is 0 Å². The molecule has 0 unspecified atom stereocenters. The smallest absolute Gasteiger partial charge is 0.327 e. The SMILES string of the molecule is C=CCc1ccccc1OC[C@@H](O)CN1C(=O)[C@H]2CCCN2C1=O. The molecule has 0 bridgehead atoms. The highest BCUT2D eigenvalue weighted by Crippen LogP contribution is 2.27. The average Bonchev–Trinajstić information content (AvgIpc) is 3.14. The Balaban J connectivity index is 1.57.